The molecule has 0 saturated carbocycles. The number of sulfonamides is 1. The molecular formula is C18H17Cl2F3N2O3S. The minimum Gasteiger partial charge on any atom is -0.323 e. The Hall–Kier alpha value is -1.97. The van der Waals surface area contributed by atoms with Crippen molar-refractivity contribution in [3.8, 4) is 0 Å². The standard InChI is InChI=1S/C18H17Cl2F3N2O3S/c1-3-16(25(29(2,27)28)13-6-4-5-12(19)10-13)17(26)24-15-9-11(18(21,22)23)7-8-14(15)20/h4-10,16H,3H2,1-2H3,(H,24,26)/t16-/m0/s1. The summed E-state index contributed by atoms with van der Waals surface area (Å²) in [5, 5.41) is 2.44. The van der Waals surface area contributed by atoms with Gasteiger partial charge in [-0.25, -0.2) is 8.42 Å². The Kier molecular flexibility index (Phi) is 7.08. The molecule has 0 aliphatic carbocycles. The van der Waals surface area contributed by atoms with E-state index in [4.69, 9.17) is 23.2 Å². The lowest BCUT2D eigenvalue weighted by atomic mass is 10.1. The van der Waals surface area contributed by atoms with Crippen LogP contribution in [0.5, 0.6) is 0 Å². The minimum absolute atomic E-state index is 0.0436. The molecule has 1 N–H and O–H groups in total. The minimum atomic E-state index is -4.63. The van der Waals surface area contributed by atoms with E-state index in [1.807, 2.05) is 0 Å². The van der Waals surface area contributed by atoms with Crippen molar-refractivity contribution in [1.29, 1.82) is 0 Å². The summed E-state index contributed by atoms with van der Waals surface area (Å²) in [5.41, 5.74) is -1.12. The molecule has 0 saturated heterocycles. The molecule has 0 radical (unpaired) electrons. The number of benzene rings is 2. The molecular weight excluding hydrogens is 452 g/mol. The highest BCUT2D eigenvalue weighted by Gasteiger charge is 2.34. The van der Waals surface area contributed by atoms with Crippen LogP contribution in [0.15, 0.2) is 42.5 Å². The van der Waals surface area contributed by atoms with Gasteiger partial charge >= 0.3 is 6.18 Å². The van der Waals surface area contributed by atoms with Crippen LogP contribution in [0.3, 0.4) is 0 Å². The molecule has 0 aliphatic heterocycles. The highest BCUT2D eigenvalue weighted by Crippen LogP contribution is 2.34. The summed E-state index contributed by atoms with van der Waals surface area (Å²) in [4.78, 5) is 12.8. The Balaban J connectivity index is 2.43. The zero-order chi connectivity index (χ0) is 22.0. The molecule has 2 aromatic carbocycles. The number of halogens is 5. The first-order valence-electron chi connectivity index (χ1n) is 8.27. The summed E-state index contributed by atoms with van der Waals surface area (Å²) in [7, 11) is -3.92. The van der Waals surface area contributed by atoms with E-state index in [-0.39, 0.29) is 27.8 Å². The summed E-state index contributed by atoms with van der Waals surface area (Å²) in [6, 6.07) is 7.12. The summed E-state index contributed by atoms with van der Waals surface area (Å²) >= 11 is 11.8. The van der Waals surface area contributed by atoms with E-state index in [1.54, 1.807) is 6.92 Å². The number of hydrogen-bond donors (Lipinski definition) is 1. The lowest BCUT2D eigenvalue weighted by Crippen LogP contribution is -2.47. The number of carbonyl (C=O) groups is 1. The van der Waals surface area contributed by atoms with Gasteiger partial charge in [0, 0.05) is 5.02 Å². The van der Waals surface area contributed by atoms with Gasteiger partial charge < -0.3 is 5.32 Å². The van der Waals surface area contributed by atoms with Crippen molar-refractivity contribution < 1.29 is 26.4 Å². The molecule has 0 fully saturated rings. The molecule has 2 rings (SSSR count). The second-order valence-electron chi connectivity index (χ2n) is 6.14. The number of amides is 1. The highest BCUT2D eigenvalue weighted by molar-refractivity contribution is 7.92. The van der Waals surface area contributed by atoms with Crippen molar-refractivity contribution >= 4 is 50.5 Å². The van der Waals surface area contributed by atoms with E-state index >= 15 is 0 Å². The van der Waals surface area contributed by atoms with Crippen LogP contribution in [-0.2, 0) is 21.0 Å². The average Bonchev–Trinajstić information content (AvgIpc) is 2.59. The molecule has 0 heterocycles. The third-order valence-corrected chi connectivity index (χ3v) is 5.69. The van der Waals surface area contributed by atoms with Gasteiger partial charge in [0.15, 0.2) is 0 Å². The number of nitrogens with one attached hydrogen (secondary N) is 1. The van der Waals surface area contributed by atoms with Gasteiger partial charge in [-0.3, -0.25) is 9.10 Å². The number of nitrogens with zero attached hydrogens (tertiary/aromatic N) is 1. The molecule has 0 aliphatic rings. The number of anilines is 2. The predicted molar refractivity (Wildman–Crippen MR) is 108 cm³/mol. The van der Waals surface area contributed by atoms with E-state index in [0.29, 0.717) is 6.07 Å². The van der Waals surface area contributed by atoms with Crippen molar-refractivity contribution in [1.82, 2.24) is 0 Å². The topological polar surface area (TPSA) is 66.5 Å². The van der Waals surface area contributed by atoms with Crippen molar-refractivity contribution in [3.05, 3.63) is 58.1 Å². The fourth-order valence-electron chi connectivity index (χ4n) is 2.69. The summed E-state index contributed by atoms with van der Waals surface area (Å²) in [6.45, 7) is 1.57. The van der Waals surface area contributed by atoms with E-state index in [9.17, 15) is 26.4 Å². The second-order valence-corrected chi connectivity index (χ2v) is 8.85. The fraction of sp³-hybridized carbons (Fsp3) is 0.278. The molecule has 2 aromatic rings. The third kappa shape index (κ3) is 5.77. The Morgan fingerprint density at radius 1 is 1.17 bits per heavy atom. The molecule has 5 nitrogen and oxygen atoms in total. The highest BCUT2D eigenvalue weighted by atomic mass is 35.5. The summed E-state index contributed by atoms with van der Waals surface area (Å²) in [5.74, 6) is -0.834. The zero-order valence-corrected chi connectivity index (χ0v) is 17.6. The van der Waals surface area contributed by atoms with Gasteiger partial charge in [-0.1, -0.05) is 36.2 Å². The van der Waals surface area contributed by atoms with Gasteiger partial charge in [0.05, 0.1) is 28.2 Å². The Labute approximate surface area is 176 Å². The molecule has 0 unspecified atom stereocenters. The molecule has 158 valence electrons. The van der Waals surface area contributed by atoms with Crippen LogP contribution in [-0.4, -0.2) is 26.6 Å². The molecule has 1 amide bonds. The molecule has 0 aromatic heterocycles. The maximum Gasteiger partial charge on any atom is 0.416 e. The van der Waals surface area contributed by atoms with Crippen molar-refractivity contribution in [2.75, 3.05) is 15.9 Å². The second kappa shape index (κ2) is 8.81. The van der Waals surface area contributed by atoms with Gasteiger partial charge in [0.1, 0.15) is 6.04 Å². The third-order valence-electron chi connectivity index (χ3n) is 3.94. The molecule has 0 spiro atoms. The largest absolute Gasteiger partial charge is 0.416 e. The molecule has 0 bridgehead atoms. The Bertz CT molecular complexity index is 1010. The van der Waals surface area contributed by atoms with Crippen LogP contribution < -0.4 is 9.62 Å². The maximum absolute atomic E-state index is 12.9. The molecule has 1 atom stereocenters. The SMILES string of the molecule is CC[C@@H](C(=O)Nc1cc(C(F)(F)F)ccc1Cl)N(c1cccc(Cl)c1)S(C)(=O)=O. The van der Waals surface area contributed by atoms with E-state index in [0.717, 1.165) is 22.7 Å². The zero-order valence-electron chi connectivity index (χ0n) is 15.3. The maximum atomic E-state index is 12.9. The van der Waals surface area contributed by atoms with Crippen molar-refractivity contribution in [2.45, 2.75) is 25.6 Å². The first kappa shape index (κ1) is 23.3. The number of alkyl halides is 3. The monoisotopic (exact) mass is 468 g/mol. The van der Waals surface area contributed by atoms with E-state index in [2.05, 4.69) is 5.32 Å². The lowest BCUT2D eigenvalue weighted by molar-refractivity contribution is -0.137. The van der Waals surface area contributed by atoms with Gasteiger partial charge in [-0.15, -0.1) is 0 Å². The van der Waals surface area contributed by atoms with Crippen LogP contribution in [0.1, 0.15) is 18.9 Å². The fourth-order valence-corrected chi connectivity index (χ4v) is 4.24. The van der Waals surface area contributed by atoms with Gasteiger partial charge in [0.2, 0.25) is 15.9 Å². The van der Waals surface area contributed by atoms with E-state index < -0.39 is 33.7 Å². The van der Waals surface area contributed by atoms with Crippen LogP contribution in [0.25, 0.3) is 0 Å². The molecule has 11 heteroatoms. The first-order chi connectivity index (χ1) is 13.3. The van der Waals surface area contributed by atoms with Crippen LogP contribution in [0.4, 0.5) is 24.5 Å². The number of rotatable bonds is 6. The summed E-state index contributed by atoms with van der Waals surface area (Å²) in [6.07, 6.45) is -3.67. The number of hydrogen-bond acceptors (Lipinski definition) is 3. The van der Waals surface area contributed by atoms with Crippen LogP contribution in [0, 0.1) is 0 Å². The lowest BCUT2D eigenvalue weighted by Gasteiger charge is -2.30. The van der Waals surface area contributed by atoms with Crippen LogP contribution in [0.2, 0.25) is 10.0 Å². The number of carbonyl (C=O) groups excluding carboxylic acids is 1. The van der Waals surface area contributed by atoms with Crippen molar-refractivity contribution in [3.63, 3.8) is 0 Å². The molecule has 29 heavy (non-hydrogen) atoms. The van der Waals surface area contributed by atoms with E-state index in [1.165, 1.54) is 24.3 Å². The van der Waals surface area contributed by atoms with Gasteiger partial charge in [0.25, 0.3) is 0 Å². The normalized spacial score (nSPS) is 13.1. The van der Waals surface area contributed by atoms with Crippen LogP contribution >= 0.6 is 23.2 Å². The quantitative estimate of drug-likeness (QED) is 0.633. The predicted octanol–water partition coefficient (Wildman–Crippen LogP) is 5.20. The Morgan fingerprint density at radius 2 is 1.83 bits per heavy atom. The smallest absolute Gasteiger partial charge is 0.323 e. The Morgan fingerprint density at radius 3 is 2.34 bits per heavy atom. The van der Waals surface area contributed by atoms with Gasteiger partial charge in [-0.2, -0.15) is 13.2 Å². The summed E-state index contributed by atoms with van der Waals surface area (Å²) < 4.78 is 64.5. The van der Waals surface area contributed by atoms with Crippen molar-refractivity contribution in [2.24, 2.45) is 0 Å². The first-order valence-corrected chi connectivity index (χ1v) is 10.9. The van der Waals surface area contributed by atoms with Gasteiger partial charge in [-0.05, 0) is 42.8 Å². The average molecular weight is 469 g/mol.